The molecule has 0 aromatic heterocycles. The van der Waals surface area contributed by atoms with Gasteiger partial charge in [0.1, 0.15) is 5.04 Å². The van der Waals surface area contributed by atoms with Crippen LogP contribution in [0.4, 0.5) is 0 Å². The predicted molar refractivity (Wildman–Crippen MR) is 45.8 cm³/mol. The maximum Gasteiger partial charge on any atom is 0.218 e. The van der Waals surface area contributed by atoms with E-state index in [4.69, 9.17) is 10.9 Å². The van der Waals surface area contributed by atoms with Crippen LogP contribution in [0.15, 0.2) is 5.16 Å². The van der Waals surface area contributed by atoms with Crippen LogP contribution in [0.25, 0.3) is 0 Å². The first-order chi connectivity index (χ1) is 5.06. The van der Waals surface area contributed by atoms with Gasteiger partial charge in [0.25, 0.3) is 0 Å². The number of amides is 1. The van der Waals surface area contributed by atoms with Crippen LogP contribution in [0.5, 0.6) is 0 Å². The van der Waals surface area contributed by atoms with E-state index in [1.165, 1.54) is 11.8 Å². The van der Waals surface area contributed by atoms with Crippen molar-refractivity contribution in [3.63, 3.8) is 0 Å². The normalized spacial score (nSPS) is 14.5. The Bertz CT molecular complexity index is 170. The molecular formula is C6H12N2O2S. The van der Waals surface area contributed by atoms with Gasteiger partial charge in [0.15, 0.2) is 0 Å². The second-order valence-electron chi connectivity index (χ2n) is 2.22. The predicted octanol–water partition coefficient (Wildman–Crippen LogP) is 0.791. The topological polar surface area (TPSA) is 75.7 Å². The fourth-order valence-electron chi connectivity index (χ4n) is 0.640. The van der Waals surface area contributed by atoms with Crippen LogP contribution in [0.1, 0.15) is 20.3 Å². The molecule has 0 aliphatic rings. The molecule has 11 heavy (non-hydrogen) atoms. The molecule has 5 heteroatoms. The highest BCUT2D eigenvalue weighted by Gasteiger charge is 2.07. The van der Waals surface area contributed by atoms with Crippen molar-refractivity contribution in [3.05, 3.63) is 0 Å². The minimum Gasteiger partial charge on any atom is -0.410 e. The molecule has 0 aromatic rings. The molecule has 0 bridgehead atoms. The van der Waals surface area contributed by atoms with Crippen LogP contribution in [-0.2, 0) is 4.79 Å². The number of carbonyl (C=O) groups excluding carboxylic acids is 1. The number of thioether (sulfide) groups is 1. The van der Waals surface area contributed by atoms with Gasteiger partial charge in [-0.15, -0.1) is 11.8 Å². The molecule has 0 saturated carbocycles. The van der Waals surface area contributed by atoms with Crippen molar-refractivity contribution in [3.8, 4) is 0 Å². The van der Waals surface area contributed by atoms with Gasteiger partial charge in [-0.1, -0.05) is 12.1 Å². The number of carbonyl (C=O) groups is 1. The Kier molecular flexibility index (Phi) is 4.69. The molecule has 1 amide bonds. The van der Waals surface area contributed by atoms with Gasteiger partial charge in [0.05, 0.1) is 0 Å². The monoisotopic (exact) mass is 176 g/mol. The summed E-state index contributed by atoms with van der Waals surface area (Å²) in [6, 6.07) is 0. The molecule has 1 atom stereocenters. The molecule has 0 radical (unpaired) electrons. The molecule has 0 saturated heterocycles. The standard InChI is InChI=1S/C6H12N2O2S/c1-4(3-6(7)9)11-5(2)8-10/h4,10H,3H2,1-2H3,(H2,7,9)/b8-5+. The molecule has 0 aliphatic heterocycles. The highest BCUT2D eigenvalue weighted by Crippen LogP contribution is 2.14. The van der Waals surface area contributed by atoms with Gasteiger partial charge in [-0.3, -0.25) is 4.79 Å². The van der Waals surface area contributed by atoms with Gasteiger partial charge >= 0.3 is 0 Å². The maximum absolute atomic E-state index is 10.4. The number of hydrogen-bond donors (Lipinski definition) is 2. The quantitative estimate of drug-likeness (QED) is 0.289. The first-order valence-electron chi connectivity index (χ1n) is 3.20. The zero-order valence-electron chi connectivity index (χ0n) is 6.57. The van der Waals surface area contributed by atoms with Crippen molar-refractivity contribution in [2.24, 2.45) is 10.9 Å². The third-order valence-corrected chi connectivity index (χ3v) is 1.99. The lowest BCUT2D eigenvalue weighted by atomic mass is 10.3. The van der Waals surface area contributed by atoms with E-state index in [9.17, 15) is 4.79 Å². The van der Waals surface area contributed by atoms with E-state index in [0.717, 1.165) is 0 Å². The van der Waals surface area contributed by atoms with Crippen LogP contribution in [0.2, 0.25) is 0 Å². The Labute approximate surface area is 69.8 Å². The molecule has 4 nitrogen and oxygen atoms in total. The number of nitrogens with two attached hydrogens (primary N) is 1. The lowest BCUT2D eigenvalue weighted by Crippen LogP contribution is -2.16. The van der Waals surface area contributed by atoms with E-state index < -0.39 is 0 Å². The van der Waals surface area contributed by atoms with E-state index in [1.807, 2.05) is 6.92 Å². The van der Waals surface area contributed by atoms with Crippen molar-refractivity contribution >= 4 is 22.7 Å². The van der Waals surface area contributed by atoms with Crippen molar-refractivity contribution in [1.29, 1.82) is 0 Å². The van der Waals surface area contributed by atoms with Gasteiger partial charge in [-0.05, 0) is 6.92 Å². The summed E-state index contributed by atoms with van der Waals surface area (Å²) in [5, 5.41) is 11.8. The van der Waals surface area contributed by atoms with Gasteiger partial charge < -0.3 is 10.9 Å². The lowest BCUT2D eigenvalue weighted by Gasteiger charge is -2.05. The Balaban J connectivity index is 3.69. The smallest absolute Gasteiger partial charge is 0.218 e. The summed E-state index contributed by atoms with van der Waals surface area (Å²) in [7, 11) is 0. The van der Waals surface area contributed by atoms with Crippen LogP contribution in [-0.4, -0.2) is 21.4 Å². The second-order valence-corrected chi connectivity index (χ2v) is 3.85. The Morgan fingerprint density at radius 2 is 2.36 bits per heavy atom. The molecule has 0 aliphatic carbocycles. The second kappa shape index (κ2) is 5.01. The lowest BCUT2D eigenvalue weighted by molar-refractivity contribution is -0.117. The van der Waals surface area contributed by atoms with E-state index in [1.54, 1.807) is 6.92 Å². The molecular weight excluding hydrogens is 164 g/mol. The summed E-state index contributed by atoms with van der Waals surface area (Å²) in [6.45, 7) is 3.52. The fraction of sp³-hybridized carbons (Fsp3) is 0.667. The van der Waals surface area contributed by atoms with Crippen molar-refractivity contribution in [1.82, 2.24) is 0 Å². The van der Waals surface area contributed by atoms with Crippen molar-refractivity contribution in [2.45, 2.75) is 25.5 Å². The van der Waals surface area contributed by atoms with E-state index in [0.29, 0.717) is 11.5 Å². The fourth-order valence-corrected chi connectivity index (χ4v) is 1.52. The van der Waals surface area contributed by atoms with Gasteiger partial charge in [-0.2, -0.15) is 0 Å². The van der Waals surface area contributed by atoms with Crippen molar-refractivity contribution < 1.29 is 10.0 Å². The van der Waals surface area contributed by atoms with Gasteiger partial charge in [0, 0.05) is 11.7 Å². The molecule has 0 rings (SSSR count). The Morgan fingerprint density at radius 1 is 1.82 bits per heavy atom. The largest absolute Gasteiger partial charge is 0.410 e. The summed E-state index contributed by atoms with van der Waals surface area (Å²) in [4.78, 5) is 10.4. The SMILES string of the molecule is C/C(=N\O)SC(C)CC(N)=O. The average molecular weight is 176 g/mol. The van der Waals surface area contributed by atoms with Crippen LogP contribution in [0, 0.1) is 0 Å². The average Bonchev–Trinajstić information content (AvgIpc) is 1.85. The Morgan fingerprint density at radius 3 is 2.73 bits per heavy atom. The van der Waals surface area contributed by atoms with Gasteiger partial charge in [0.2, 0.25) is 5.91 Å². The van der Waals surface area contributed by atoms with Crippen LogP contribution < -0.4 is 5.73 Å². The Hall–Kier alpha value is -0.710. The molecule has 64 valence electrons. The number of oxime groups is 1. The number of primary amides is 1. The minimum absolute atomic E-state index is 0.0726. The van der Waals surface area contributed by atoms with E-state index >= 15 is 0 Å². The highest BCUT2D eigenvalue weighted by atomic mass is 32.2. The number of hydrogen-bond acceptors (Lipinski definition) is 4. The zero-order chi connectivity index (χ0) is 8.85. The summed E-state index contributed by atoms with van der Waals surface area (Å²) in [6.07, 6.45) is 0.303. The summed E-state index contributed by atoms with van der Waals surface area (Å²) in [5.74, 6) is -0.337. The van der Waals surface area contributed by atoms with E-state index in [2.05, 4.69) is 5.16 Å². The summed E-state index contributed by atoms with van der Waals surface area (Å²) in [5.41, 5.74) is 4.96. The van der Waals surface area contributed by atoms with E-state index in [-0.39, 0.29) is 11.2 Å². The minimum atomic E-state index is -0.337. The zero-order valence-corrected chi connectivity index (χ0v) is 7.39. The molecule has 3 N–H and O–H groups in total. The third kappa shape index (κ3) is 5.72. The number of nitrogens with zero attached hydrogens (tertiary/aromatic N) is 1. The summed E-state index contributed by atoms with van der Waals surface area (Å²) >= 11 is 1.33. The molecule has 0 aromatic carbocycles. The van der Waals surface area contributed by atoms with Crippen LogP contribution >= 0.6 is 11.8 Å². The van der Waals surface area contributed by atoms with Gasteiger partial charge in [-0.25, -0.2) is 0 Å². The molecule has 0 heterocycles. The maximum atomic E-state index is 10.4. The van der Waals surface area contributed by atoms with Crippen molar-refractivity contribution in [2.75, 3.05) is 0 Å². The highest BCUT2D eigenvalue weighted by molar-refractivity contribution is 8.14. The van der Waals surface area contributed by atoms with Crippen LogP contribution in [0.3, 0.4) is 0 Å². The number of rotatable bonds is 3. The summed E-state index contributed by atoms with van der Waals surface area (Å²) < 4.78 is 0. The first kappa shape index (κ1) is 10.3. The third-order valence-electron chi connectivity index (χ3n) is 1.00. The molecule has 0 fully saturated rings. The molecule has 0 spiro atoms. The first-order valence-corrected chi connectivity index (χ1v) is 4.08. The molecule has 1 unspecified atom stereocenters.